The first-order valence-electron chi connectivity index (χ1n) is 5.69. The van der Waals surface area contributed by atoms with Crippen LogP contribution in [0.1, 0.15) is 17.2 Å². The fourth-order valence-electron chi connectivity index (χ4n) is 2.06. The summed E-state index contributed by atoms with van der Waals surface area (Å²) in [5.74, 6) is -0.00990. The van der Waals surface area contributed by atoms with Crippen LogP contribution in [0.3, 0.4) is 0 Å². The molecular formula is C13H15N3O. The minimum Gasteiger partial charge on any atom is -0.320 e. The molecule has 2 rings (SSSR count). The van der Waals surface area contributed by atoms with Crippen LogP contribution in [0.15, 0.2) is 24.3 Å². The van der Waals surface area contributed by atoms with Gasteiger partial charge in [0, 0.05) is 13.1 Å². The summed E-state index contributed by atoms with van der Waals surface area (Å²) in [6.45, 7) is 3.64. The van der Waals surface area contributed by atoms with Crippen molar-refractivity contribution in [1.82, 2.24) is 10.2 Å². The normalized spacial score (nSPS) is 17.6. The Bertz CT molecular complexity index is 464. The van der Waals surface area contributed by atoms with Gasteiger partial charge >= 0.3 is 0 Å². The zero-order valence-electron chi connectivity index (χ0n) is 9.81. The molecule has 1 aromatic carbocycles. The first kappa shape index (κ1) is 11.6. The van der Waals surface area contributed by atoms with Crippen molar-refractivity contribution in [1.29, 1.82) is 5.26 Å². The topological polar surface area (TPSA) is 56.1 Å². The summed E-state index contributed by atoms with van der Waals surface area (Å²) in [4.78, 5) is 13.4. The minimum atomic E-state index is -0.468. The second kappa shape index (κ2) is 4.98. The number of nitrogens with zero attached hydrogens (tertiary/aromatic N) is 2. The first-order chi connectivity index (χ1) is 8.22. The molecule has 0 saturated carbocycles. The third-order valence-corrected chi connectivity index (χ3v) is 2.92. The molecule has 1 aromatic rings. The van der Waals surface area contributed by atoms with E-state index in [0.717, 1.165) is 17.7 Å². The zero-order valence-corrected chi connectivity index (χ0v) is 9.81. The standard InChI is InChI=1S/C13H15N3O/c1-10-3-2-4-11(7-10)12(8-14)16-6-5-15-9-13(16)17/h2-4,7,12,15H,5-6,9H2,1H3. The zero-order chi connectivity index (χ0) is 12.3. The lowest BCUT2D eigenvalue weighted by molar-refractivity contribution is -0.133. The maximum absolute atomic E-state index is 11.8. The van der Waals surface area contributed by atoms with Gasteiger partial charge in [-0.05, 0) is 12.5 Å². The smallest absolute Gasteiger partial charge is 0.237 e. The van der Waals surface area contributed by atoms with Crippen LogP contribution in [0.2, 0.25) is 0 Å². The minimum absolute atomic E-state index is 0.00990. The second-order valence-corrected chi connectivity index (χ2v) is 4.21. The third kappa shape index (κ3) is 2.45. The van der Waals surface area contributed by atoms with Crippen molar-refractivity contribution in [2.45, 2.75) is 13.0 Å². The van der Waals surface area contributed by atoms with Crippen molar-refractivity contribution in [3.05, 3.63) is 35.4 Å². The molecule has 0 aliphatic carbocycles. The number of amides is 1. The van der Waals surface area contributed by atoms with E-state index in [1.54, 1.807) is 4.90 Å². The lowest BCUT2D eigenvalue weighted by atomic mass is 10.0. The quantitative estimate of drug-likeness (QED) is 0.822. The van der Waals surface area contributed by atoms with E-state index in [4.69, 9.17) is 0 Å². The predicted octanol–water partition coefficient (Wildman–Crippen LogP) is 0.992. The monoisotopic (exact) mass is 229 g/mol. The Morgan fingerprint density at radius 2 is 2.35 bits per heavy atom. The molecule has 0 aromatic heterocycles. The van der Waals surface area contributed by atoms with E-state index in [1.165, 1.54) is 0 Å². The van der Waals surface area contributed by atoms with E-state index < -0.39 is 6.04 Å². The average molecular weight is 229 g/mol. The van der Waals surface area contributed by atoms with Crippen LogP contribution in [0, 0.1) is 18.3 Å². The molecule has 1 atom stereocenters. The van der Waals surface area contributed by atoms with Crippen molar-refractivity contribution in [2.75, 3.05) is 19.6 Å². The molecule has 4 heteroatoms. The van der Waals surface area contributed by atoms with Gasteiger partial charge in [-0.1, -0.05) is 29.8 Å². The Hall–Kier alpha value is -1.86. The fourth-order valence-corrected chi connectivity index (χ4v) is 2.06. The van der Waals surface area contributed by atoms with Crippen molar-refractivity contribution in [3.63, 3.8) is 0 Å². The highest BCUT2D eigenvalue weighted by atomic mass is 16.2. The number of hydrogen-bond acceptors (Lipinski definition) is 3. The molecule has 1 aliphatic heterocycles. The number of piperazine rings is 1. The van der Waals surface area contributed by atoms with Gasteiger partial charge in [0.2, 0.25) is 5.91 Å². The van der Waals surface area contributed by atoms with Gasteiger partial charge in [-0.15, -0.1) is 0 Å². The van der Waals surface area contributed by atoms with Crippen LogP contribution in [-0.2, 0) is 4.79 Å². The van der Waals surface area contributed by atoms with E-state index in [0.29, 0.717) is 13.1 Å². The highest BCUT2D eigenvalue weighted by Gasteiger charge is 2.26. The van der Waals surface area contributed by atoms with Crippen LogP contribution in [0.4, 0.5) is 0 Å². The molecule has 1 fully saturated rings. The molecule has 4 nitrogen and oxygen atoms in total. The largest absolute Gasteiger partial charge is 0.320 e. The van der Waals surface area contributed by atoms with Crippen molar-refractivity contribution in [2.24, 2.45) is 0 Å². The average Bonchev–Trinajstić information content (AvgIpc) is 2.33. The Labute approximate surface area is 101 Å². The van der Waals surface area contributed by atoms with Crippen molar-refractivity contribution < 1.29 is 4.79 Å². The van der Waals surface area contributed by atoms with Crippen LogP contribution in [-0.4, -0.2) is 30.4 Å². The third-order valence-electron chi connectivity index (χ3n) is 2.92. The molecule has 0 spiro atoms. The first-order valence-corrected chi connectivity index (χ1v) is 5.69. The van der Waals surface area contributed by atoms with E-state index >= 15 is 0 Å². The number of nitrogens with one attached hydrogen (secondary N) is 1. The summed E-state index contributed by atoms with van der Waals surface area (Å²) in [5.41, 5.74) is 1.99. The fraction of sp³-hybridized carbons (Fsp3) is 0.385. The van der Waals surface area contributed by atoms with Gasteiger partial charge in [0.05, 0.1) is 12.6 Å². The Morgan fingerprint density at radius 1 is 1.53 bits per heavy atom. The lowest BCUT2D eigenvalue weighted by Gasteiger charge is -2.31. The van der Waals surface area contributed by atoms with Crippen LogP contribution >= 0.6 is 0 Å². The molecule has 1 unspecified atom stereocenters. The molecule has 1 saturated heterocycles. The van der Waals surface area contributed by atoms with Crippen molar-refractivity contribution >= 4 is 5.91 Å². The molecule has 0 bridgehead atoms. The van der Waals surface area contributed by atoms with Gasteiger partial charge in [-0.2, -0.15) is 5.26 Å². The van der Waals surface area contributed by atoms with E-state index in [1.807, 2.05) is 31.2 Å². The summed E-state index contributed by atoms with van der Waals surface area (Å²) < 4.78 is 0. The van der Waals surface area contributed by atoms with Crippen LogP contribution in [0.25, 0.3) is 0 Å². The molecule has 1 amide bonds. The molecule has 0 radical (unpaired) electrons. The van der Waals surface area contributed by atoms with Crippen LogP contribution < -0.4 is 5.32 Å². The maximum Gasteiger partial charge on any atom is 0.237 e. The summed E-state index contributed by atoms with van der Waals surface area (Å²) in [5, 5.41) is 12.3. The molecule has 1 heterocycles. The molecule has 88 valence electrons. The summed E-state index contributed by atoms with van der Waals surface area (Å²) >= 11 is 0. The van der Waals surface area contributed by atoms with Gasteiger partial charge in [-0.25, -0.2) is 0 Å². The lowest BCUT2D eigenvalue weighted by Crippen LogP contribution is -2.49. The van der Waals surface area contributed by atoms with E-state index in [-0.39, 0.29) is 5.91 Å². The number of nitriles is 1. The summed E-state index contributed by atoms with van der Waals surface area (Å²) in [7, 11) is 0. The number of aryl methyl sites for hydroxylation is 1. The number of benzene rings is 1. The number of hydrogen-bond donors (Lipinski definition) is 1. The van der Waals surface area contributed by atoms with Crippen molar-refractivity contribution in [3.8, 4) is 6.07 Å². The molecule has 1 aliphatic rings. The number of rotatable bonds is 2. The van der Waals surface area contributed by atoms with E-state index in [2.05, 4.69) is 11.4 Å². The van der Waals surface area contributed by atoms with Gasteiger partial charge in [-0.3, -0.25) is 4.79 Å². The van der Waals surface area contributed by atoms with Gasteiger partial charge in [0.1, 0.15) is 6.04 Å². The highest BCUT2D eigenvalue weighted by molar-refractivity contribution is 5.79. The Morgan fingerprint density at radius 3 is 3.00 bits per heavy atom. The SMILES string of the molecule is Cc1cccc(C(C#N)N2CCNCC2=O)c1. The molecule has 17 heavy (non-hydrogen) atoms. The van der Waals surface area contributed by atoms with Gasteiger partial charge in [0.15, 0.2) is 0 Å². The van der Waals surface area contributed by atoms with E-state index in [9.17, 15) is 10.1 Å². The van der Waals surface area contributed by atoms with Gasteiger partial charge < -0.3 is 10.2 Å². The highest BCUT2D eigenvalue weighted by Crippen LogP contribution is 2.21. The Kier molecular flexibility index (Phi) is 3.40. The Balaban J connectivity index is 2.27. The predicted molar refractivity (Wildman–Crippen MR) is 64.1 cm³/mol. The van der Waals surface area contributed by atoms with Crippen LogP contribution in [0.5, 0.6) is 0 Å². The second-order valence-electron chi connectivity index (χ2n) is 4.21. The molecule has 1 N–H and O–H groups in total. The molecular weight excluding hydrogens is 214 g/mol. The maximum atomic E-state index is 11.8. The number of carbonyl (C=O) groups is 1. The summed E-state index contributed by atoms with van der Waals surface area (Å²) in [6, 6.07) is 9.52. The number of carbonyl (C=O) groups excluding carboxylic acids is 1. The summed E-state index contributed by atoms with van der Waals surface area (Å²) in [6.07, 6.45) is 0. The van der Waals surface area contributed by atoms with Gasteiger partial charge in [0.25, 0.3) is 0 Å².